The van der Waals surface area contributed by atoms with Crippen LogP contribution >= 0.6 is 23.1 Å². The van der Waals surface area contributed by atoms with E-state index >= 15 is 0 Å². The molecule has 4 rings (SSSR count). The van der Waals surface area contributed by atoms with E-state index in [9.17, 15) is 14.4 Å². The minimum Gasteiger partial charge on any atom is -0.301 e. The molecule has 146 valence electrons. The fraction of sp³-hybridized carbons (Fsp3) is 0.150. The van der Waals surface area contributed by atoms with Crippen LogP contribution in [-0.2, 0) is 11.3 Å². The van der Waals surface area contributed by atoms with E-state index in [1.54, 1.807) is 34.9 Å². The van der Waals surface area contributed by atoms with E-state index in [0.29, 0.717) is 28.0 Å². The minimum absolute atomic E-state index is 0.0419. The fourth-order valence-corrected chi connectivity index (χ4v) is 4.66. The molecule has 0 aliphatic carbocycles. The maximum Gasteiger partial charge on any atom is 0.281 e. The molecule has 0 bridgehead atoms. The maximum atomic E-state index is 12.6. The molecule has 0 spiro atoms. The third-order valence-electron chi connectivity index (χ3n) is 4.25. The molecule has 29 heavy (non-hydrogen) atoms. The Kier molecular flexibility index (Phi) is 5.41. The Hall–Kier alpha value is -3.04. The van der Waals surface area contributed by atoms with Gasteiger partial charge in [0.25, 0.3) is 11.1 Å². The van der Waals surface area contributed by atoms with Crippen LogP contribution in [0.1, 0.15) is 6.92 Å². The van der Waals surface area contributed by atoms with E-state index in [1.165, 1.54) is 23.1 Å². The van der Waals surface area contributed by atoms with Gasteiger partial charge in [-0.3, -0.25) is 19.0 Å². The lowest BCUT2D eigenvalue weighted by Crippen LogP contribution is -2.23. The zero-order chi connectivity index (χ0) is 20.4. The first-order valence-corrected chi connectivity index (χ1v) is 10.7. The number of rotatable bonds is 5. The van der Waals surface area contributed by atoms with Crippen LogP contribution in [0.2, 0.25) is 0 Å². The van der Waals surface area contributed by atoms with Crippen LogP contribution < -0.4 is 16.4 Å². The minimum atomic E-state index is -0.377. The van der Waals surface area contributed by atoms with Gasteiger partial charge < -0.3 is 5.32 Å². The molecule has 0 radical (unpaired) electrons. The molecule has 2 aromatic carbocycles. The summed E-state index contributed by atoms with van der Waals surface area (Å²) < 4.78 is 2.30. The molecule has 9 heteroatoms. The molecule has 0 aliphatic rings. The van der Waals surface area contributed by atoms with E-state index < -0.39 is 0 Å². The van der Waals surface area contributed by atoms with Gasteiger partial charge in [0, 0.05) is 11.2 Å². The van der Waals surface area contributed by atoms with E-state index in [2.05, 4.69) is 15.3 Å². The van der Waals surface area contributed by atoms with Gasteiger partial charge in [0.15, 0.2) is 10.3 Å². The van der Waals surface area contributed by atoms with Crippen molar-refractivity contribution in [1.29, 1.82) is 0 Å². The maximum absolute atomic E-state index is 12.6. The van der Waals surface area contributed by atoms with Crippen LogP contribution in [-0.4, -0.2) is 26.2 Å². The molecule has 2 heterocycles. The average Bonchev–Trinajstić information content (AvgIpc) is 2.72. The largest absolute Gasteiger partial charge is 0.301 e. The number of anilines is 1. The van der Waals surface area contributed by atoms with Gasteiger partial charge in [0.1, 0.15) is 0 Å². The Labute approximate surface area is 173 Å². The molecule has 0 saturated heterocycles. The number of benzene rings is 2. The summed E-state index contributed by atoms with van der Waals surface area (Å²) in [5, 5.41) is 4.47. The number of nitrogens with one attached hydrogen (secondary N) is 1. The SMILES string of the molecule is CCn1c(SCC(=O)Nc2nc(=O)c3ccccc3s2)nc2ccccc2c1=O. The number of para-hydroxylation sites is 1. The van der Waals surface area contributed by atoms with Crippen LogP contribution in [0, 0.1) is 0 Å². The van der Waals surface area contributed by atoms with E-state index in [1.807, 2.05) is 25.1 Å². The number of hydrogen-bond donors (Lipinski definition) is 1. The van der Waals surface area contributed by atoms with Crippen molar-refractivity contribution in [2.75, 3.05) is 11.1 Å². The van der Waals surface area contributed by atoms with Crippen LogP contribution in [0.5, 0.6) is 0 Å². The van der Waals surface area contributed by atoms with E-state index in [-0.39, 0.29) is 27.9 Å². The molecule has 1 amide bonds. The van der Waals surface area contributed by atoms with E-state index in [4.69, 9.17) is 0 Å². The summed E-state index contributed by atoms with van der Waals surface area (Å²) in [7, 11) is 0. The number of aromatic nitrogens is 3. The van der Waals surface area contributed by atoms with Gasteiger partial charge in [-0.1, -0.05) is 47.4 Å². The molecule has 1 N–H and O–H groups in total. The van der Waals surface area contributed by atoms with Gasteiger partial charge in [0.2, 0.25) is 5.91 Å². The number of carbonyl (C=O) groups excluding carboxylic acids is 1. The summed E-state index contributed by atoms with van der Waals surface area (Å²) >= 11 is 2.41. The summed E-state index contributed by atoms with van der Waals surface area (Å²) in [5.74, 6) is -0.279. The van der Waals surface area contributed by atoms with Crippen molar-refractivity contribution in [3.63, 3.8) is 0 Å². The van der Waals surface area contributed by atoms with Crippen molar-refractivity contribution in [3.05, 3.63) is 69.2 Å². The first-order chi connectivity index (χ1) is 14.1. The molecule has 0 fully saturated rings. The highest BCUT2D eigenvalue weighted by atomic mass is 32.2. The predicted octanol–water partition coefficient (Wildman–Crippen LogP) is 3.12. The topological polar surface area (TPSA) is 93.9 Å². The van der Waals surface area contributed by atoms with Crippen molar-refractivity contribution in [2.24, 2.45) is 0 Å². The van der Waals surface area contributed by atoms with E-state index in [0.717, 1.165) is 4.70 Å². The molecule has 0 atom stereocenters. The molecule has 0 unspecified atom stereocenters. The summed E-state index contributed by atoms with van der Waals surface area (Å²) in [5.41, 5.74) is 0.0910. The first kappa shape index (κ1) is 19.3. The third kappa shape index (κ3) is 3.92. The van der Waals surface area contributed by atoms with Crippen LogP contribution in [0.25, 0.3) is 21.0 Å². The second kappa shape index (κ2) is 8.14. The zero-order valence-corrected chi connectivity index (χ0v) is 17.0. The van der Waals surface area contributed by atoms with Crippen LogP contribution in [0.15, 0.2) is 63.3 Å². The summed E-state index contributed by atoms with van der Waals surface area (Å²) in [6.07, 6.45) is 0. The number of fused-ring (bicyclic) bond motifs is 2. The van der Waals surface area contributed by atoms with Crippen LogP contribution in [0.4, 0.5) is 5.13 Å². The number of hydrogen-bond acceptors (Lipinski definition) is 7. The lowest BCUT2D eigenvalue weighted by atomic mass is 10.2. The highest BCUT2D eigenvalue weighted by Crippen LogP contribution is 2.22. The first-order valence-electron chi connectivity index (χ1n) is 8.89. The summed E-state index contributed by atoms with van der Waals surface area (Å²) in [6.45, 7) is 2.31. The van der Waals surface area contributed by atoms with Crippen molar-refractivity contribution in [3.8, 4) is 0 Å². The average molecular weight is 425 g/mol. The zero-order valence-electron chi connectivity index (χ0n) is 15.4. The lowest BCUT2D eigenvalue weighted by Gasteiger charge is -2.11. The van der Waals surface area contributed by atoms with Crippen molar-refractivity contribution >= 4 is 55.1 Å². The Bertz CT molecular complexity index is 1350. The number of nitrogens with zero attached hydrogens (tertiary/aromatic N) is 3. The monoisotopic (exact) mass is 424 g/mol. The molecule has 4 aromatic rings. The second-order valence-corrected chi connectivity index (χ2v) is 8.09. The Morgan fingerprint density at radius 1 is 1.07 bits per heavy atom. The summed E-state index contributed by atoms with van der Waals surface area (Å²) in [4.78, 5) is 45.6. The van der Waals surface area contributed by atoms with Crippen molar-refractivity contribution in [1.82, 2.24) is 14.5 Å². The highest BCUT2D eigenvalue weighted by Gasteiger charge is 2.13. The molecule has 0 aliphatic heterocycles. The Morgan fingerprint density at radius 3 is 2.59 bits per heavy atom. The molecule has 2 aromatic heterocycles. The molecule has 0 saturated carbocycles. The standard InChI is InChI=1S/C20H16N4O3S2/c1-2-24-18(27)12-7-3-5-9-14(12)21-20(24)28-11-16(25)22-19-23-17(26)13-8-4-6-10-15(13)29-19/h3-10H,2,11H2,1H3,(H,22,23,25,26). The second-order valence-electron chi connectivity index (χ2n) is 6.12. The molecular formula is C20H16N4O3S2. The lowest BCUT2D eigenvalue weighted by molar-refractivity contribution is -0.113. The van der Waals surface area contributed by atoms with Gasteiger partial charge in [-0.05, 0) is 31.2 Å². The Balaban J connectivity index is 1.54. The number of carbonyl (C=O) groups is 1. The van der Waals surface area contributed by atoms with Crippen molar-refractivity contribution < 1.29 is 4.79 Å². The van der Waals surface area contributed by atoms with Gasteiger partial charge in [-0.2, -0.15) is 4.98 Å². The van der Waals surface area contributed by atoms with Gasteiger partial charge in [0.05, 0.1) is 22.0 Å². The molecule has 7 nitrogen and oxygen atoms in total. The smallest absolute Gasteiger partial charge is 0.281 e. The number of thioether (sulfide) groups is 1. The van der Waals surface area contributed by atoms with Gasteiger partial charge in [-0.25, -0.2) is 4.98 Å². The highest BCUT2D eigenvalue weighted by molar-refractivity contribution is 7.99. The van der Waals surface area contributed by atoms with Gasteiger partial charge in [-0.15, -0.1) is 0 Å². The third-order valence-corrected chi connectivity index (χ3v) is 6.19. The van der Waals surface area contributed by atoms with Gasteiger partial charge >= 0.3 is 0 Å². The summed E-state index contributed by atoms with van der Waals surface area (Å²) in [6, 6.07) is 14.3. The Morgan fingerprint density at radius 2 is 1.79 bits per heavy atom. The van der Waals surface area contributed by atoms with Crippen molar-refractivity contribution in [2.45, 2.75) is 18.6 Å². The number of amides is 1. The molecular weight excluding hydrogens is 408 g/mol. The predicted molar refractivity (Wildman–Crippen MR) is 117 cm³/mol. The fourth-order valence-electron chi connectivity index (χ4n) is 2.89. The quantitative estimate of drug-likeness (QED) is 0.391. The normalized spacial score (nSPS) is 11.1. The van der Waals surface area contributed by atoms with Crippen LogP contribution in [0.3, 0.4) is 0 Å².